The van der Waals surface area contributed by atoms with Gasteiger partial charge in [0.05, 0.1) is 5.69 Å². The summed E-state index contributed by atoms with van der Waals surface area (Å²) in [6.07, 6.45) is 3.47. The van der Waals surface area contributed by atoms with Crippen LogP contribution in [0.3, 0.4) is 0 Å². The molecule has 18 heavy (non-hydrogen) atoms. The number of unbranched alkanes of at least 4 members (excludes halogenated alkanes) is 1. The highest BCUT2D eigenvalue weighted by atomic mass is 32.1. The van der Waals surface area contributed by atoms with E-state index in [1.54, 1.807) is 0 Å². The molecule has 0 bridgehead atoms. The van der Waals surface area contributed by atoms with Crippen LogP contribution in [-0.2, 0) is 0 Å². The zero-order chi connectivity index (χ0) is 13.9. The minimum atomic E-state index is -0.00970. The Kier molecular flexibility index (Phi) is 4.91. The molecule has 0 aliphatic carbocycles. The predicted molar refractivity (Wildman–Crippen MR) is 82.0 cm³/mol. The number of hydrogen-bond donors (Lipinski definition) is 1. The predicted octanol–water partition coefficient (Wildman–Crippen LogP) is 3.35. The van der Waals surface area contributed by atoms with Gasteiger partial charge in [-0.1, -0.05) is 39.4 Å². The Hall–Kier alpha value is -0.900. The van der Waals surface area contributed by atoms with Gasteiger partial charge in [0.15, 0.2) is 0 Å². The van der Waals surface area contributed by atoms with E-state index in [0.717, 1.165) is 18.7 Å². The quantitative estimate of drug-likeness (QED) is 0.633. The summed E-state index contributed by atoms with van der Waals surface area (Å²) in [5.41, 5.74) is 1.96. The van der Waals surface area contributed by atoms with E-state index in [4.69, 9.17) is 12.2 Å². The van der Waals surface area contributed by atoms with Crippen molar-refractivity contribution < 1.29 is 0 Å². The normalized spacial score (nSPS) is 11.8. The minimum Gasteiger partial charge on any atom is -0.380 e. The molecule has 0 fully saturated rings. The van der Waals surface area contributed by atoms with Crippen LogP contribution in [0.5, 0.6) is 0 Å². The fourth-order valence-corrected chi connectivity index (χ4v) is 2.35. The van der Waals surface area contributed by atoms with Crippen molar-refractivity contribution in [3.05, 3.63) is 14.7 Å². The summed E-state index contributed by atoms with van der Waals surface area (Å²) in [7, 11) is 3.82. The second kappa shape index (κ2) is 5.83. The molecule has 0 amide bonds. The Morgan fingerprint density at radius 1 is 1.22 bits per heavy atom. The third kappa shape index (κ3) is 3.80. The van der Waals surface area contributed by atoms with Crippen molar-refractivity contribution in [2.45, 2.75) is 40.0 Å². The van der Waals surface area contributed by atoms with Crippen LogP contribution in [0.15, 0.2) is 4.79 Å². The van der Waals surface area contributed by atoms with Crippen LogP contribution in [0.25, 0.3) is 0 Å². The Labute approximate surface area is 115 Å². The molecule has 0 atom stereocenters. The van der Waals surface area contributed by atoms with Crippen molar-refractivity contribution in [1.29, 1.82) is 0 Å². The first-order valence-electron chi connectivity index (χ1n) is 6.48. The molecule has 1 aromatic rings. The molecule has 0 aromatic heterocycles. The summed E-state index contributed by atoms with van der Waals surface area (Å²) in [5, 5.41) is 3.22. The van der Waals surface area contributed by atoms with Gasteiger partial charge in [-0.3, -0.25) is 4.79 Å². The zero-order valence-corrected chi connectivity index (χ0v) is 12.9. The first-order valence-corrected chi connectivity index (χ1v) is 6.89. The first-order chi connectivity index (χ1) is 8.24. The highest BCUT2D eigenvalue weighted by molar-refractivity contribution is 7.71. The van der Waals surface area contributed by atoms with Gasteiger partial charge in [0, 0.05) is 20.6 Å². The van der Waals surface area contributed by atoms with Crippen LogP contribution in [0.2, 0.25) is 0 Å². The fraction of sp³-hybridized carbons (Fsp3) is 0.714. The van der Waals surface area contributed by atoms with Gasteiger partial charge in [0.1, 0.15) is 10.2 Å². The zero-order valence-electron chi connectivity index (χ0n) is 12.1. The van der Waals surface area contributed by atoms with Crippen LogP contribution >= 0.6 is 12.2 Å². The molecule has 1 rings (SSSR count). The lowest BCUT2D eigenvalue weighted by Crippen LogP contribution is -2.26. The molecule has 4 heteroatoms. The third-order valence-corrected chi connectivity index (χ3v) is 3.37. The van der Waals surface area contributed by atoms with Crippen LogP contribution < -0.4 is 15.6 Å². The van der Waals surface area contributed by atoms with Gasteiger partial charge in [-0.25, -0.2) is 0 Å². The van der Waals surface area contributed by atoms with E-state index in [1.165, 1.54) is 12.8 Å². The van der Waals surface area contributed by atoms with E-state index in [2.05, 4.69) is 26.1 Å². The van der Waals surface area contributed by atoms with Crippen LogP contribution in [0, 0.1) is 9.93 Å². The van der Waals surface area contributed by atoms with E-state index in [0.29, 0.717) is 15.6 Å². The van der Waals surface area contributed by atoms with Crippen LogP contribution in [0.1, 0.15) is 40.0 Å². The summed E-state index contributed by atoms with van der Waals surface area (Å²) in [6, 6.07) is 0. The SMILES string of the molecule is CN(C)c1c(NCCCCC(C)(C)C)c(=O)c1=S. The van der Waals surface area contributed by atoms with Gasteiger partial charge in [-0.15, -0.1) is 0 Å². The highest BCUT2D eigenvalue weighted by Crippen LogP contribution is 2.26. The van der Waals surface area contributed by atoms with Crippen molar-refractivity contribution in [3.8, 4) is 0 Å². The molecular weight excluding hydrogens is 244 g/mol. The second-order valence-electron chi connectivity index (χ2n) is 6.22. The van der Waals surface area contributed by atoms with Crippen molar-refractivity contribution in [2.75, 3.05) is 30.9 Å². The monoisotopic (exact) mass is 268 g/mol. The molecule has 0 aliphatic heterocycles. The lowest BCUT2D eigenvalue weighted by Gasteiger charge is -2.21. The molecule has 0 spiro atoms. The van der Waals surface area contributed by atoms with Crippen LogP contribution in [0.4, 0.5) is 11.4 Å². The first kappa shape index (κ1) is 15.2. The van der Waals surface area contributed by atoms with E-state index >= 15 is 0 Å². The number of nitrogens with zero attached hydrogens (tertiary/aromatic N) is 1. The lowest BCUT2D eigenvalue weighted by molar-refractivity contribution is 0.362. The molecule has 102 valence electrons. The summed E-state index contributed by atoms with van der Waals surface area (Å²) in [5.74, 6) is 0. The molecule has 0 aliphatic rings. The third-order valence-electron chi connectivity index (χ3n) is 2.99. The lowest BCUT2D eigenvalue weighted by atomic mass is 9.90. The van der Waals surface area contributed by atoms with Crippen molar-refractivity contribution in [3.63, 3.8) is 0 Å². The van der Waals surface area contributed by atoms with E-state index in [-0.39, 0.29) is 5.43 Å². The minimum absolute atomic E-state index is 0.00970. The molecule has 3 nitrogen and oxygen atoms in total. The van der Waals surface area contributed by atoms with E-state index in [9.17, 15) is 4.79 Å². The molecular formula is C14H24N2OS. The van der Waals surface area contributed by atoms with E-state index in [1.807, 2.05) is 19.0 Å². The van der Waals surface area contributed by atoms with Crippen molar-refractivity contribution in [2.24, 2.45) is 5.41 Å². The maximum atomic E-state index is 11.6. The number of nitrogens with one attached hydrogen (secondary N) is 1. The van der Waals surface area contributed by atoms with Crippen molar-refractivity contribution >= 4 is 23.6 Å². The largest absolute Gasteiger partial charge is 0.380 e. The van der Waals surface area contributed by atoms with Gasteiger partial charge in [0.25, 0.3) is 0 Å². The molecule has 0 radical (unpaired) electrons. The van der Waals surface area contributed by atoms with Gasteiger partial charge < -0.3 is 10.2 Å². The van der Waals surface area contributed by atoms with E-state index < -0.39 is 0 Å². The highest BCUT2D eigenvalue weighted by Gasteiger charge is 2.18. The van der Waals surface area contributed by atoms with Crippen molar-refractivity contribution in [1.82, 2.24) is 0 Å². The maximum Gasteiger partial charge on any atom is 0.223 e. The number of hydrogen-bond acceptors (Lipinski definition) is 4. The van der Waals surface area contributed by atoms with Gasteiger partial charge in [0.2, 0.25) is 5.43 Å². The number of rotatable bonds is 6. The maximum absolute atomic E-state index is 11.6. The Bertz CT molecular complexity index is 465. The fourth-order valence-electron chi connectivity index (χ4n) is 1.96. The molecule has 0 saturated heterocycles. The summed E-state index contributed by atoms with van der Waals surface area (Å²) in [6.45, 7) is 7.60. The molecule has 1 N–H and O–H groups in total. The topological polar surface area (TPSA) is 32.3 Å². The van der Waals surface area contributed by atoms with Crippen LogP contribution in [-0.4, -0.2) is 20.6 Å². The summed E-state index contributed by atoms with van der Waals surface area (Å²) in [4.78, 5) is 13.5. The Morgan fingerprint density at radius 3 is 2.33 bits per heavy atom. The van der Waals surface area contributed by atoms with Gasteiger partial charge >= 0.3 is 0 Å². The molecule has 0 unspecified atom stereocenters. The summed E-state index contributed by atoms with van der Waals surface area (Å²) < 4.78 is 0.456. The van der Waals surface area contributed by atoms with Gasteiger partial charge in [-0.05, 0) is 18.3 Å². The smallest absolute Gasteiger partial charge is 0.223 e. The average molecular weight is 268 g/mol. The van der Waals surface area contributed by atoms with Gasteiger partial charge in [-0.2, -0.15) is 0 Å². The Morgan fingerprint density at radius 2 is 1.83 bits per heavy atom. The molecule has 0 saturated carbocycles. The second-order valence-corrected chi connectivity index (χ2v) is 6.63. The Balaban J connectivity index is 2.39. The standard InChI is InChI=1S/C14H24N2OS/c1-14(2,3)8-6-7-9-15-10-11(16(4)5)13(18)12(10)17/h15H,6-9H2,1-5H3. The molecule has 0 heterocycles. The average Bonchev–Trinajstić information content (AvgIpc) is 2.24. The summed E-state index contributed by atoms with van der Waals surface area (Å²) >= 11 is 5.04. The number of anilines is 2. The molecule has 1 aromatic carbocycles.